The fourth-order valence-electron chi connectivity index (χ4n) is 2.28. The van der Waals surface area contributed by atoms with Gasteiger partial charge in [0, 0.05) is 11.6 Å². The van der Waals surface area contributed by atoms with Gasteiger partial charge in [0.15, 0.2) is 0 Å². The molecule has 98 valence electrons. The molecule has 1 aliphatic heterocycles. The van der Waals surface area contributed by atoms with Crippen molar-refractivity contribution in [3.8, 4) is 0 Å². The number of carbonyl (C=O) groups is 1. The van der Waals surface area contributed by atoms with E-state index < -0.39 is 0 Å². The van der Waals surface area contributed by atoms with E-state index in [9.17, 15) is 4.79 Å². The minimum Gasteiger partial charge on any atom is -0.321 e. The van der Waals surface area contributed by atoms with Gasteiger partial charge in [0.25, 0.3) is 0 Å². The third-order valence-electron chi connectivity index (χ3n) is 3.12. The number of amides is 1. The number of nitrogens with zero attached hydrogens (tertiary/aromatic N) is 1. The van der Waals surface area contributed by atoms with Crippen LogP contribution in [-0.2, 0) is 4.79 Å². The molecule has 1 fully saturated rings. The van der Waals surface area contributed by atoms with Gasteiger partial charge in [0.2, 0.25) is 5.91 Å². The number of hydrogen-bond acceptors (Lipinski definition) is 2. The summed E-state index contributed by atoms with van der Waals surface area (Å²) in [6, 6.07) is 7.54. The number of carbonyl (C=O) groups excluding carboxylic acids is 1. The molecule has 1 aromatic carbocycles. The van der Waals surface area contributed by atoms with Crippen molar-refractivity contribution >= 4 is 17.5 Å². The average Bonchev–Trinajstić information content (AvgIpc) is 2.58. The second-order valence-corrected chi connectivity index (χ2v) is 5.66. The molecular weight excluding hydrogens is 248 g/mol. The van der Waals surface area contributed by atoms with E-state index in [0.717, 1.165) is 12.1 Å². The van der Waals surface area contributed by atoms with Gasteiger partial charge in [-0.1, -0.05) is 37.6 Å². The first-order valence-electron chi connectivity index (χ1n) is 6.31. The van der Waals surface area contributed by atoms with Crippen molar-refractivity contribution in [3.05, 3.63) is 34.9 Å². The Kier molecular flexibility index (Phi) is 3.93. The van der Waals surface area contributed by atoms with E-state index in [1.807, 2.05) is 36.1 Å². The zero-order valence-corrected chi connectivity index (χ0v) is 11.7. The Bertz CT molecular complexity index is 430. The van der Waals surface area contributed by atoms with Gasteiger partial charge in [-0.3, -0.25) is 10.1 Å². The molecule has 4 heteroatoms. The van der Waals surface area contributed by atoms with Gasteiger partial charge < -0.3 is 4.90 Å². The van der Waals surface area contributed by atoms with Gasteiger partial charge in [0.1, 0.15) is 6.17 Å². The van der Waals surface area contributed by atoms with Gasteiger partial charge in [0.05, 0.1) is 6.04 Å². The zero-order valence-electron chi connectivity index (χ0n) is 11.0. The summed E-state index contributed by atoms with van der Waals surface area (Å²) in [5.41, 5.74) is 1.08. The van der Waals surface area contributed by atoms with Crippen molar-refractivity contribution in [3.63, 3.8) is 0 Å². The molecule has 0 bridgehead atoms. The topological polar surface area (TPSA) is 32.3 Å². The van der Waals surface area contributed by atoms with Crippen LogP contribution in [0.4, 0.5) is 0 Å². The first-order chi connectivity index (χ1) is 8.49. The Balaban J connectivity index is 2.24. The van der Waals surface area contributed by atoms with Crippen LogP contribution in [0.2, 0.25) is 5.02 Å². The lowest BCUT2D eigenvalue weighted by molar-refractivity contribution is -0.130. The van der Waals surface area contributed by atoms with Crippen LogP contribution in [0.1, 0.15) is 32.5 Å². The molecule has 1 aliphatic rings. The molecule has 0 saturated carbocycles. The highest BCUT2D eigenvalue weighted by Crippen LogP contribution is 2.27. The van der Waals surface area contributed by atoms with Gasteiger partial charge >= 0.3 is 0 Å². The van der Waals surface area contributed by atoms with Crippen LogP contribution in [0.15, 0.2) is 24.3 Å². The molecular formula is C14H19ClN2O. The van der Waals surface area contributed by atoms with Gasteiger partial charge in [-0.2, -0.15) is 0 Å². The molecule has 0 aliphatic carbocycles. The van der Waals surface area contributed by atoms with E-state index >= 15 is 0 Å². The number of nitrogens with one attached hydrogen (secondary N) is 1. The SMILES string of the molecule is CC(C)CN1C(=O)C(C)NC1c1ccc(Cl)cc1. The number of rotatable bonds is 3. The van der Waals surface area contributed by atoms with Crippen LogP contribution in [0, 0.1) is 5.92 Å². The molecule has 1 amide bonds. The van der Waals surface area contributed by atoms with Crippen molar-refractivity contribution in [1.82, 2.24) is 10.2 Å². The van der Waals surface area contributed by atoms with E-state index in [4.69, 9.17) is 11.6 Å². The second kappa shape index (κ2) is 5.29. The maximum absolute atomic E-state index is 12.1. The van der Waals surface area contributed by atoms with E-state index in [0.29, 0.717) is 10.9 Å². The smallest absolute Gasteiger partial charge is 0.241 e. The summed E-state index contributed by atoms with van der Waals surface area (Å²) in [4.78, 5) is 14.0. The Labute approximate surface area is 113 Å². The van der Waals surface area contributed by atoms with Gasteiger partial charge in [-0.15, -0.1) is 0 Å². The first-order valence-corrected chi connectivity index (χ1v) is 6.69. The molecule has 2 rings (SSSR count). The molecule has 3 nitrogen and oxygen atoms in total. The standard InChI is InChI=1S/C14H19ClN2O/c1-9(2)8-17-13(16-10(3)14(17)18)11-4-6-12(15)7-5-11/h4-7,9-10,13,16H,8H2,1-3H3. The predicted octanol–water partition coefficient (Wildman–Crippen LogP) is 2.81. The normalized spacial score (nSPS) is 24.1. The average molecular weight is 267 g/mol. The van der Waals surface area contributed by atoms with Crippen molar-refractivity contribution in [2.24, 2.45) is 5.92 Å². The Hall–Kier alpha value is -1.06. The summed E-state index contributed by atoms with van der Waals surface area (Å²) in [5, 5.41) is 4.04. The number of halogens is 1. The van der Waals surface area contributed by atoms with Crippen LogP contribution in [0.5, 0.6) is 0 Å². The summed E-state index contributed by atoms with van der Waals surface area (Å²) in [6.07, 6.45) is -0.0350. The molecule has 1 saturated heterocycles. The maximum Gasteiger partial charge on any atom is 0.241 e. The Morgan fingerprint density at radius 3 is 2.50 bits per heavy atom. The zero-order chi connectivity index (χ0) is 13.3. The van der Waals surface area contributed by atoms with Crippen molar-refractivity contribution < 1.29 is 4.79 Å². The summed E-state index contributed by atoms with van der Waals surface area (Å²) in [7, 11) is 0. The van der Waals surface area contributed by atoms with Crippen LogP contribution in [0.25, 0.3) is 0 Å². The lowest BCUT2D eigenvalue weighted by Gasteiger charge is -2.26. The van der Waals surface area contributed by atoms with Crippen LogP contribution >= 0.6 is 11.6 Å². The molecule has 18 heavy (non-hydrogen) atoms. The predicted molar refractivity (Wildman–Crippen MR) is 73.3 cm³/mol. The molecule has 0 spiro atoms. The quantitative estimate of drug-likeness (QED) is 0.912. The maximum atomic E-state index is 12.1. The van der Waals surface area contributed by atoms with E-state index in [1.54, 1.807) is 0 Å². The van der Waals surface area contributed by atoms with Crippen molar-refractivity contribution in [2.75, 3.05) is 6.54 Å². The molecule has 2 atom stereocenters. The minimum atomic E-state index is -0.121. The Morgan fingerprint density at radius 1 is 1.33 bits per heavy atom. The largest absolute Gasteiger partial charge is 0.321 e. The van der Waals surface area contributed by atoms with Crippen LogP contribution < -0.4 is 5.32 Å². The van der Waals surface area contributed by atoms with Gasteiger partial charge in [-0.05, 0) is 30.5 Å². The molecule has 1 heterocycles. The third-order valence-corrected chi connectivity index (χ3v) is 3.37. The van der Waals surface area contributed by atoms with E-state index in [2.05, 4.69) is 19.2 Å². The lowest BCUT2D eigenvalue weighted by atomic mass is 10.1. The monoisotopic (exact) mass is 266 g/mol. The fraction of sp³-hybridized carbons (Fsp3) is 0.500. The highest BCUT2D eigenvalue weighted by molar-refractivity contribution is 6.30. The molecule has 0 radical (unpaired) electrons. The summed E-state index contributed by atoms with van der Waals surface area (Å²) < 4.78 is 0. The summed E-state index contributed by atoms with van der Waals surface area (Å²) in [6.45, 7) is 6.92. The Morgan fingerprint density at radius 2 is 1.94 bits per heavy atom. The van der Waals surface area contributed by atoms with Crippen LogP contribution in [-0.4, -0.2) is 23.4 Å². The van der Waals surface area contributed by atoms with Crippen molar-refractivity contribution in [2.45, 2.75) is 33.0 Å². The number of hydrogen-bond donors (Lipinski definition) is 1. The molecule has 1 aromatic rings. The van der Waals surface area contributed by atoms with Crippen LogP contribution in [0.3, 0.4) is 0 Å². The first kappa shape index (κ1) is 13.4. The lowest BCUT2D eigenvalue weighted by Crippen LogP contribution is -2.33. The highest BCUT2D eigenvalue weighted by Gasteiger charge is 2.36. The summed E-state index contributed by atoms with van der Waals surface area (Å²) >= 11 is 5.90. The molecule has 0 aromatic heterocycles. The third kappa shape index (κ3) is 2.68. The van der Waals surface area contributed by atoms with Crippen molar-refractivity contribution in [1.29, 1.82) is 0 Å². The summed E-state index contributed by atoms with van der Waals surface area (Å²) in [5.74, 6) is 0.625. The fourth-order valence-corrected chi connectivity index (χ4v) is 2.41. The highest BCUT2D eigenvalue weighted by atomic mass is 35.5. The second-order valence-electron chi connectivity index (χ2n) is 5.23. The number of benzene rings is 1. The van der Waals surface area contributed by atoms with Gasteiger partial charge in [-0.25, -0.2) is 0 Å². The van der Waals surface area contributed by atoms with E-state index in [-0.39, 0.29) is 18.1 Å². The molecule has 2 unspecified atom stereocenters. The van der Waals surface area contributed by atoms with E-state index in [1.165, 1.54) is 0 Å². The minimum absolute atomic E-state index is 0.0350. The molecule has 1 N–H and O–H groups in total.